The molecule has 0 aliphatic carbocycles. The summed E-state index contributed by atoms with van der Waals surface area (Å²) >= 11 is 0. The Morgan fingerprint density at radius 1 is 0.958 bits per heavy atom. The van der Waals surface area contributed by atoms with Gasteiger partial charge in [0.15, 0.2) is 6.20 Å². The van der Waals surface area contributed by atoms with Crippen molar-refractivity contribution in [2.24, 2.45) is 10.2 Å². The molecule has 0 bridgehead atoms. The van der Waals surface area contributed by atoms with Crippen molar-refractivity contribution in [2.45, 2.75) is 65.5 Å². The zero-order valence-electron chi connectivity index (χ0n) is 14.8. The van der Waals surface area contributed by atoms with E-state index in [0.29, 0.717) is 5.69 Å². The van der Waals surface area contributed by atoms with E-state index in [9.17, 15) is 4.39 Å². The SMILES string of the molecule is CCCCCn1c[n+](CCCCC)cc1N=Nc1ccc(F)cc1. The van der Waals surface area contributed by atoms with Gasteiger partial charge in [-0.25, -0.2) is 13.5 Å². The van der Waals surface area contributed by atoms with Gasteiger partial charge in [-0.3, -0.25) is 0 Å². The number of hydrogen-bond acceptors (Lipinski definition) is 2. The molecule has 0 radical (unpaired) electrons. The van der Waals surface area contributed by atoms with Crippen molar-refractivity contribution in [3.63, 3.8) is 0 Å². The van der Waals surface area contributed by atoms with Crippen molar-refractivity contribution in [3.8, 4) is 0 Å². The monoisotopic (exact) mass is 331 g/mol. The van der Waals surface area contributed by atoms with E-state index in [1.54, 1.807) is 12.1 Å². The highest BCUT2D eigenvalue weighted by Crippen LogP contribution is 2.18. The fraction of sp³-hybridized carbons (Fsp3) is 0.526. The summed E-state index contributed by atoms with van der Waals surface area (Å²) < 4.78 is 17.3. The van der Waals surface area contributed by atoms with Crippen molar-refractivity contribution in [3.05, 3.63) is 42.6 Å². The van der Waals surface area contributed by atoms with Gasteiger partial charge in [-0.15, -0.1) is 10.2 Å². The number of rotatable bonds is 10. The molecule has 1 aromatic carbocycles. The van der Waals surface area contributed by atoms with Crippen molar-refractivity contribution < 1.29 is 8.96 Å². The molecule has 24 heavy (non-hydrogen) atoms. The average Bonchev–Trinajstić information content (AvgIpc) is 2.97. The van der Waals surface area contributed by atoms with Gasteiger partial charge in [-0.2, -0.15) is 0 Å². The summed E-state index contributed by atoms with van der Waals surface area (Å²) in [6.07, 6.45) is 11.4. The first-order valence-corrected chi connectivity index (χ1v) is 8.99. The summed E-state index contributed by atoms with van der Waals surface area (Å²) in [6, 6.07) is 6.08. The van der Waals surface area contributed by atoms with Crippen LogP contribution in [-0.2, 0) is 13.1 Å². The second kappa shape index (κ2) is 9.96. The van der Waals surface area contributed by atoms with Crippen molar-refractivity contribution >= 4 is 11.5 Å². The van der Waals surface area contributed by atoms with Gasteiger partial charge in [0.05, 0.1) is 18.8 Å². The average molecular weight is 331 g/mol. The third kappa shape index (κ3) is 5.87. The minimum atomic E-state index is -0.259. The van der Waals surface area contributed by atoms with E-state index in [0.717, 1.165) is 25.3 Å². The maximum atomic E-state index is 13.0. The number of hydrogen-bond donors (Lipinski definition) is 0. The van der Waals surface area contributed by atoms with Gasteiger partial charge in [-0.05, 0) is 49.9 Å². The van der Waals surface area contributed by atoms with E-state index in [1.807, 2.05) is 0 Å². The van der Waals surface area contributed by atoms with Crippen LogP contribution < -0.4 is 4.57 Å². The first-order chi connectivity index (χ1) is 11.7. The van der Waals surface area contributed by atoms with Gasteiger partial charge in [0, 0.05) is 0 Å². The molecule has 0 aliphatic rings. The van der Waals surface area contributed by atoms with Crippen LogP contribution in [0.4, 0.5) is 15.9 Å². The van der Waals surface area contributed by atoms with Crippen LogP contribution in [0.3, 0.4) is 0 Å². The molecule has 4 nitrogen and oxygen atoms in total. The predicted octanol–water partition coefficient (Wildman–Crippen LogP) is 5.71. The smallest absolute Gasteiger partial charge is 0.234 e. The largest absolute Gasteiger partial charge is 0.279 e. The number of aromatic nitrogens is 2. The first-order valence-electron chi connectivity index (χ1n) is 8.99. The third-order valence-electron chi connectivity index (χ3n) is 3.98. The Morgan fingerprint density at radius 2 is 1.67 bits per heavy atom. The summed E-state index contributed by atoms with van der Waals surface area (Å²) in [4.78, 5) is 0. The van der Waals surface area contributed by atoms with E-state index in [4.69, 9.17) is 0 Å². The van der Waals surface area contributed by atoms with Crippen LogP contribution >= 0.6 is 0 Å². The topological polar surface area (TPSA) is 33.5 Å². The molecule has 130 valence electrons. The van der Waals surface area contributed by atoms with Crippen molar-refractivity contribution in [1.82, 2.24) is 4.57 Å². The van der Waals surface area contributed by atoms with Gasteiger partial charge in [0.25, 0.3) is 5.82 Å². The standard InChI is InChI=1S/C19H28FN4/c1-3-5-7-13-23-15-19(24(16-23)14-8-6-4-2)22-21-18-11-9-17(20)10-12-18/h9-12,15-16H,3-8,13-14H2,1-2H3/q+1. The number of azo groups is 1. The molecule has 0 spiro atoms. The lowest BCUT2D eigenvalue weighted by Crippen LogP contribution is -2.30. The Balaban J connectivity index is 2.10. The quantitative estimate of drug-likeness (QED) is 0.303. The summed E-state index contributed by atoms with van der Waals surface area (Å²) in [5.41, 5.74) is 0.662. The molecular weight excluding hydrogens is 303 g/mol. The molecule has 1 aromatic heterocycles. The van der Waals surface area contributed by atoms with Crippen LogP contribution in [0.15, 0.2) is 47.0 Å². The molecular formula is C19H28FN4+. The summed E-state index contributed by atoms with van der Waals surface area (Å²) in [6.45, 7) is 6.37. The highest BCUT2D eigenvalue weighted by atomic mass is 19.1. The number of imidazole rings is 1. The van der Waals surface area contributed by atoms with Gasteiger partial charge in [-0.1, -0.05) is 26.7 Å². The van der Waals surface area contributed by atoms with Gasteiger partial charge >= 0.3 is 0 Å². The van der Waals surface area contributed by atoms with Crippen molar-refractivity contribution in [1.29, 1.82) is 0 Å². The van der Waals surface area contributed by atoms with Gasteiger partial charge < -0.3 is 0 Å². The first kappa shape index (κ1) is 18.3. The Kier molecular flexibility index (Phi) is 7.59. The molecule has 0 aliphatic heterocycles. The minimum absolute atomic E-state index is 0.259. The van der Waals surface area contributed by atoms with Crippen molar-refractivity contribution in [2.75, 3.05) is 0 Å². The summed E-state index contributed by atoms with van der Waals surface area (Å²) in [7, 11) is 0. The Labute approximate surface area is 144 Å². The summed E-state index contributed by atoms with van der Waals surface area (Å²) in [5, 5.41) is 8.62. The van der Waals surface area contributed by atoms with Crippen LogP contribution in [-0.4, -0.2) is 4.57 Å². The van der Waals surface area contributed by atoms with Crippen LogP contribution in [0.2, 0.25) is 0 Å². The van der Waals surface area contributed by atoms with E-state index in [2.05, 4.69) is 45.7 Å². The fourth-order valence-corrected chi connectivity index (χ4v) is 2.57. The Bertz CT molecular complexity index is 631. The number of unbranched alkanes of at least 4 members (excludes halogenated alkanes) is 4. The zero-order valence-corrected chi connectivity index (χ0v) is 14.8. The molecule has 0 saturated carbocycles. The number of halogens is 1. The molecule has 0 fully saturated rings. The molecule has 1 heterocycles. The van der Waals surface area contributed by atoms with Gasteiger partial charge in [0.1, 0.15) is 5.82 Å². The molecule has 2 aromatic rings. The van der Waals surface area contributed by atoms with E-state index in [1.165, 1.54) is 44.2 Å². The minimum Gasteiger partial charge on any atom is -0.234 e. The molecule has 0 N–H and O–H groups in total. The molecule has 2 rings (SSSR count). The second-order valence-corrected chi connectivity index (χ2v) is 6.12. The number of aryl methyl sites for hydroxylation is 2. The Hall–Kier alpha value is -2.04. The fourth-order valence-electron chi connectivity index (χ4n) is 2.57. The number of nitrogens with zero attached hydrogens (tertiary/aromatic N) is 4. The molecule has 0 unspecified atom stereocenters. The van der Waals surface area contributed by atoms with E-state index >= 15 is 0 Å². The molecule has 0 saturated heterocycles. The molecule has 0 atom stereocenters. The normalized spacial score (nSPS) is 11.5. The number of benzene rings is 1. The lowest BCUT2D eigenvalue weighted by Gasteiger charge is -1.97. The maximum absolute atomic E-state index is 13.0. The lowest BCUT2D eigenvalue weighted by atomic mass is 10.2. The Morgan fingerprint density at radius 3 is 2.38 bits per heavy atom. The van der Waals surface area contributed by atoms with Gasteiger partial charge in [0.2, 0.25) is 6.33 Å². The highest BCUT2D eigenvalue weighted by molar-refractivity contribution is 5.36. The highest BCUT2D eigenvalue weighted by Gasteiger charge is 2.12. The maximum Gasteiger partial charge on any atom is 0.279 e. The van der Waals surface area contributed by atoms with Crippen LogP contribution in [0.5, 0.6) is 0 Å². The van der Waals surface area contributed by atoms with E-state index in [-0.39, 0.29) is 5.82 Å². The third-order valence-corrected chi connectivity index (χ3v) is 3.98. The lowest BCUT2D eigenvalue weighted by molar-refractivity contribution is -0.696. The molecule has 0 amide bonds. The zero-order chi connectivity index (χ0) is 17.2. The summed E-state index contributed by atoms with van der Waals surface area (Å²) in [5.74, 6) is 0.595. The predicted molar refractivity (Wildman–Crippen MR) is 94.3 cm³/mol. The second-order valence-electron chi connectivity index (χ2n) is 6.12. The van der Waals surface area contributed by atoms with Crippen LogP contribution in [0.1, 0.15) is 52.4 Å². The molecule has 5 heteroatoms. The van der Waals surface area contributed by atoms with E-state index < -0.39 is 0 Å². The van der Waals surface area contributed by atoms with Crippen LogP contribution in [0, 0.1) is 5.82 Å². The van der Waals surface area contributed by atoms with Crippen LogP contribution in [0.25, 0.3) is 0 Å².